The smallest absolute Gasteiger partial charge is 0.273 e. The average molecular weight is 344 g/mol. The number of hydrogen-bond donors (Lipinski definition) is 0. The number of methoxy groups -OCH3 is 1. The first-order chi connectivity index (χ1) is 11.9. The number of carbonyl (C=O) groups excluding carboxylic acids is 1. The number of ether oxygens (including phenoxy) is 2. The van der Waals surface area contributed by atoms with E-state index in [-0.39, 0.29) is 30.0 Å². The Morgan fingerprint density at radius 1 is 1.20 bits per heavy atom. The molecular weight excluding hydrogens is 324 g/mol. The van der Waals surface area contributed by atoms with Crippen molar-refractivity contribution < 1.29 is 19.2 Å². The second-order valence-electron chi connectivity index (χ2n) is 5.47. The molecule has 2 rings (SSSR count). The van der Waals surface area contributed by atoms with Gasteiger partial charge >= 0.3 is 0 Å². The highest BCUT2D eigenvalue weighted by Crippen LogP contribution is 2.31. The predicted molar refractivity (Wildman–Crippen MR) is 92.8 cm³/mol. The molecule has 0 radical (unpaired) electrons. The number of nitro benzene ring substituents is 1. The molecule has 0 spiro atoms. The van der Waals surface area contributed by atoms with Gasteiger partial charge in [0.2, 0.25) is 0 Å². The molecule has 0 saturated heterocycles. The van der Waals surface area contributed by atoms with Gasteiger partial charge in [-0.2, -0.15) is 0 Å². The van der Waals surface area contributed by atoms with Gasteiger partial charge in [0.15, 0.2) is 18.1 Å². The molecule has 0 fully saturated rings. The van der Waals surface area contributed by atoms with E-state index in [0.29, 0.717) is 5.75 Å². The van der Waals surface area contributed by atoms with Crippen LogP contribution >= 0.6 is 0 Å². The first-order valence-corrected chi connectivity index (χ1v) is 7.70. The predicted octanol–water partition coefficient (Wildman–Crippen LogP) is 3.20. The lowest BCUT2D eigenvalue weighted by atomic mass is 10.1. The third-order valence-corrected chi connectivity index (χ3v) is 3.97. The summed E-state index contributed by atoms with van der Waals surface area (Å²) in [6.07, 6.45) is 0. The molecule has 2 aromatic rings. The molecule has 0 aromatic heterocycles. The SMILES string of the molecule is COc1ccc([N+](=O)[O-])cc1OCC(=O)N(C)[C@@H](C)c1ccccc1. The van der Waals surface area contributed by atoms with Crippen molar-refractivity contribution in [1.29, 1.82) is 0 Å². The number of hydrogen-bond acceptors (Lipinski definition) is 5. The molecule has 0 aliphatic heterocycles. The Kier molecular flexibility index (Phi) is 5.94. The summed E-state index contributed by atoms with van der Waals surface area (Å²) in [6, 6.07) is 13.5. The van der Waals surface area contributed by atoms with Crippen LogP contribution in [-0.4, -0.2) is 36.5 Å². The summed E-state index contributed by atoms with van der Waals surface area (Å²) in [5.74, 6) is 0.243. The molecule has 0 N–H and O–H groups in total. The quantitative estimate of drug-likeness (QED) is 0.569. The van der Waals surface area contributed by atoms with Gasteiger partial charge in [0.05, 0.1) is 24.1 Å². The van der Waals surface area contributed by atoms with Crippen LogP contribution in [0.25, 0.3) is 0 Å². The summed E-state index contributed by atoms with van der Waals surface area (Å²) in [6.45, 7) is 1.67. The van der Waals surface area contributed by atoms with E-state index >= 15 is 0 Å². The summed E-state index contributed by atoms with van der Waals surface area (Å²) < 4.78 is 10.6. The minimum Gasteiger partial charge on any atom is -0.493 e. The van der Waals surface area contributed by atoms with E-state index < -0.39 is 4.92 Å². The third-order valence-electron chi connectivity index (χ3n) is 3.97. The number of amides is 1. The standard InChI is InChI=1S/C18H20N2O5/c1-13(14-7-5-4-6-8-14)19(2)18(21)12-25-17-11-15(20(22)23)9-10-16(17)24-3/h4-11,13H,12H2,1-3H3/t13-/m0/s1. The molecule has 1 atom stereocenters. The lowest BCUT2D eigenvalue weighted by Gasteiger charge is -2.25. The van der Waals surface area contributed by atoms with Gasteiger partial charge < -0.3 is 14.4 Å². The van der Waals surface area contributed by atoms with Crippen molar-refractivity contribution in [3.05, 3.63) is 64.2 Å². The molecule has 0 heterocycles. The van der Waals surface area contributed by atoms with Crippen LogP contribution in [0.3, 0.4) is 0 Å². The minimum absolute atomic E-state index is 0.121. The fourth-order valence-corrected chi connectivity index (χ4v) is 2.30. The molecule has 0 aliphatic rings. The fourth-order valence-electron chi connectivity index (χ4n) is 2.30. The molecule has 1 amide bonds. The Morgan fingerprint density at radius 3 is 2.48 bits per heavy atom. The summed E-state index contributed by atoms with van der Waals surface area (Å²) in [5.41, 5.74) is 0.875. The topological polar surface area (TPSA) is 81.9 Å². The molecule has 25 heavy (non-hydrogen) atoms. The number of nitrogens with zero attached hydrogens (tertiary/aromatic N) is 2. The van der Waals surface area contributed by atoms with E-state index in [1.807, 2.05) is 37.3 Å². The minimum atomic E-state index is -0.530. The van der Waals surface area contributed by atoms with Gasteiger partial charge in [-0.15, -0.1) is 0 Å². The zero-order valence-electron chi connectivity index (χ0n) is 14.3. The number of nitro groups is 1. The van der Waals surface area contributed by atoms with E-state index in [9.17, 15) is 14.9 Å². The lowest BCUT2D eigenvalue weighted by molar-refractivity contribution is -0.385. The van der Waals surface area contributed by atoms with Gasteiger partial charge in [-0.05, 0) is 18.6 Å². The number of carbonyl (C=O) groups is 1. The zero-order valence-corrected chi connectivity index (χ0v) is 14.3. The normalized spacial score (nSPS) is 11.5. The van der Waals surface area contributed by atoms with Crippen LogP contribution in [-0.2, 0) is 4.79 Å². The Bertz CT molecular complexity index is 748. The summed E-state index contributed by atoms with van der Waals surface area (Å²) in [4.78, 5) is 24.3. The van der Waals surface area contributed by atoms with Gasteiger partial charge in [0.1, 0.15) is 0 Å². The molecule has 2 aromatic carbocycles. The van der Waals surface area contributed by atoms with Crippen LogP contribution in [0.5, 0.6) is 11.5 Å². The Hall–Kier alpha value is -3.09. The first-order valence-electron chi connectivity index (χ1n) is 7.70. The number of rotatable bonds is 7. The largest absolute Gasteiger partial charge is 0.493 e. The average Bonchev–Trinajstić information content (AvgIpc) is 2.65. The van der Waals surface area contributed by atoms with Gasteiger partial charge in [-0.1, -0.05) is 30.3 Å². The summed E-state index contributed by atoms with van der Waals surface area (Å²) >= 11 is 0. The van der Waals surface area contributed by atoms with Crippen molar-refractivity contribution >= 4 is 11.6 Å². The second kappa shape index (κ2) is 8.14. The number of likely N-dealkylation sites (N-methyl/N-ethyl adjacent to an activating group) is 1. The fraction of sp³-hybridized carbons (Fsp3) is 0.278. The Morgan fingerprint density at radius 2 is 1.88 bits per heavy atom. The number of non-ortho nitro benzene ring substituents is 1. The molecule has 0 bridgehead atoms. The number of benzene rings is 2. The maximum Gasteiger partial charge on any atom is 0.273 e. The Balaban J connectivity index is 2.06. The van der Waals surface area contributed by atoms with E-state index in [1.165, 1.54) is 25.3 Å². The molecular formula is C18H20N2O5. The summed E-state index contributed by atoms with van der Waals surface area (Å²) in [7, 11) is 3.12. The van der Waals surface area contributed by atoms with Crippen molar-refractivity contribution in [2.24, 2.45) is 0 Å². The van der Waals surface area contributed by atoms with Crippen LogP contribution in [0.1, 0.15) is 18.5 Å². The van der Waals surface area contributed by atoms with Gasteiger partial charge in [0.25, 0.3) is 11.6 Å². The maximum atomic E-state index is 12.4. The van der Waals surface area contributed by atoms with Crippen molar-refractivity contribution in [3.8, 4) is 11.5 Å². The lowest BCUT2D eigenvalue weighted by Crippen LogP contribution is -2.33. The van der Waals surface area contributed by atoms with Crippen LogP contribution in [0.4, 0.5) is 5.69 Å². The van der Waals surface area contributed by atoms with Crippen molar-refractivity contribution in [1.82, 2.24) is 4.90 Å². The van der Waals surface area contributed by atoms with Crippen molar-refractivity contribution in [3.63, 3.8) is 0 Å². The highest BCUT2D eigenvalue weighted by atomic mass is 16.6. The highest BCUT2D eigenvalue weighted by molar-refractivity contribution is 5.78. The molecule has 132 valence electrons. The molecule has 0 aliphatic carbocycles. The maximum absolute atomic E-state index is 12.4. The van der Waals surface area contributed by atoms with Gasteiger partial charge in [-0.25, -0.2) is 0 Å². The van der Waals surface area contributed by atoms with E-state index in [2.05, 4.69) is 0 Å². The second-order valence-corrected chi connectivity index (χ2v) is 5.47. The Labute approximate surface area is 145 Å². The van der Waals surface area contributed by atoms with Crippen LogP contribution < -0.4 is 9.47 Å². The van der Waals surface area contributed by atoms with Gasteiger partial charge in [0, 0.05) is 13.1 Å². The summed E-state index contributed by atoms with van der Waals surface area (Å²) in [5, 5.41) is 10.9. The van der Waals surface area contributed by atoms with Crippen LogP contribution in [0, 0.1) is 10.1 Å². The first kappa shape index (κ1) is 18.3. The van der Waals surface area contributed by atoms with E-state index in [0.717, 1.165) is 5.56 Å². The zero-order chi connectivity index (χ0) is 18.4. The van der Waals surface area contributed by atoms with Crippen LogP contribution in [0.15, 0.2) is 48.5 Å². The van der Waals surface area contributed by atoms with Crippen molar-refractivity contribution in [2.75, 3.05) is 20.8 Å². The molecule has 0 saturated carbocycles. The van der Waals surface area contributed by atoms with E-state index in [1.54, 1.807) is 11.9 Å². The van der Waals surface area contributed by atoms with Crippen molar-refractivity contribution in [2.45, 2.75) is 13.0 Å². The highest BCUT2D eigenvalue weighted by Gasteiger charge is 2.19. The molecule has 0 unspecified atom stereocenters. The van der Waals surface area contributed by atoms with E-state index in [4.69, 9.17) is 9.47 Å². The van der Waals surface area contributed by atoms with Gasteiger partial charge in [-0.3, -0.25) is 14.9 Å². The molecule has 7 heteroatoms. The molecule has 7 nitrogen and oxygen atoms in total. The monoisotopic (exact) mass is 344 g/mol. The van der Waals surface area contributed by atoms with Crippen LogP contribution in [0.2, 0.25) is 0 Å². The third kappa shape index (κ3) is 4.47.